The van der Waals surface area contributed by atoms with E-state index in [2.05, 4.69) is 16.4 Å². The number of carbonyl (C=O) groups is 2. The molecule has 1 saturated heterocycles. The number of aromatic amines is 1. The zero-order valence-electron chi connectivity index (χ0n) is 14.9. The predicted octanol–water partition coefficient (Wildman–Crippen LogP) is 3.48. The Hall–Kier alpha value is -2.73. The van der Waals surface area contributed by atoms with Crippen molar-refractivity contribution in [2.75, 3.05) is 11.9 Å². The van der Waals surface area contributed by atoms with Crippen molar-refractivity contribution in [3.63, 3.8) is 0 Å². The number of rotatable bonds is 3. The first-order valence-electron chi connectivity index (χ1n) is 9.06. The molecule has 0 aliphatic carbocycles. The number of hydrogen-bond acceptors (Lipinski definition) is 3. The lowest BCUT2D eigenvalue weighted by Crippen LogP contribution is -2.47. The Labute approximate surface area is 161 Å². The number of carbonyl (C=O) groups excluding carboxylic acids is 2. The van der Waals surface area contributed by atoms with Crippen molar-refractivity contribution < 1.29 is 9.59 Å². The first kappa shape index (κ1) is 16.4. The fraction of sp³-hybridized carbons (Fsp3) is 0.238. The van der Waals surface area contributed by atoms with Crippen LogP contribution < -0.4 is 5.32 Å². The van der Waals surface area contributed by atoms with Gasteiger partial charge in [0, 0.05) is 34.9 Å². The standard InChI is InChI=1S/C21H19N3O2S/c1-13-19(25)24(11-10-14-12-22-17-8-4-2-6-15(14)17)21(27-13)16-7-3-5-9-18(16)23-20(21)26/h2-9,12-13,22H,10-11H2,1H3,(H,23,26)/t13-,21+/m1/s1. The summed E-state index contributed by atoms with van der Waals surface area (Å²) in [5.74, 6) is -0.1000. The second kappa shape index (κ2) is 5.89. The number of para-hydroxylation sites is 2. The number of thioether (sulfide) groups is 1. The van der Waals surface area contributed by atoms with Crippen LogP contribution in [0.15, 0.2) is 54.7 Å². The number of nitrogens with one attached hydrogen (secondary N) is 2. The highest BCUT2D eigenvalue weighted by molar-refractivity contribution is 8.02. The normalized spacial score (nSPS) is 24.0. The number of aromatic nitrogens is 1. The van der Waals surface area contributed by atoms with Gasteiger partial charge in [0.15, 0.2) is 4.87 Å². The molecular formula is C21H19N3O2S. The van der Waals surface area contributed by atoms with Gasteiger partial charge in [0.2, 0.25) is 5.91 Å². The zero-order valence-corrected chi connectivity index (χ0v) is 15.7. The van der Waals surface area contributed by atoms with E-state index in [0.29, 0.717) is 13.0 Å². The van der Waals surface area contributed by atoms with Gasteiger partial charge in [-0.1, -0.05) is 36.4 Å². The van der Waals surface area contributed by atoms with Crippen LogP contribution in [-0.2, 0) is 20.9 Å². The lowest BCUT2D eigenvalue weighted by Gasteiger charge is -2.32. The van der Waals surface area contributed by atoms with Gasteiger partial charge in [-0.15, -0.1) is 11.8 Å². The van der Waals surface area contributed by atoms with Crippen molar-refractivity contribution in [2.45, 2.75) is 23.5 Å². The number of fused-ring (bicyclic) bond motifs is 3. The summed E-state index contributed by atoms with van der Waals surface area (Å²) in [7, 11) is 0. The molecular weight excluding hydrogens is 358 g/mol. The van der Waals surface area contributed by atoms with E-state index < -0.39 is 4.87 Å². The van der Waals surface area contributed by atoms with E-state index in [1.54, 1.807) is 4.90 Å². The largest absolute Gasteiger partial charge is 0.361 e. The van der Waals surface area contributed by atoms with Crippen molar-refractivity contribution in [1.29, 1.82) is 0 Å². The molecule has 1 aromatic heterocycles. The molecule has 1 fully saturated rings. The summed E-state index contributed by atoms with van der Waals surface area (Å²) in [5, 5.41) is 3.88. The molecule has 2 N–H and O–H groups in total. The lowest BCUT2D eigenvalue weighted by molar-refractivity contribution is -0.137. The summed E-state index contributed by atoms with van der Waals surface area (Å²) in [5.41, 5.74) is 3.93. The Bertz CT molecular complexity index is 1080. The molecule has 2 aromatic carbocycles. The van der Waals surface area contributed by atoms with Crippen LogP contribution in [0, 0.1) is 0 Å². The highest BCUT2D eigenvalue weighted by Gasteiger charge is 2.59. The molecule has 2 amide bonds. The minimum Gasteiger partial charge on any atom is -0.361 e. The van der Waals surface area contributed by atoms with Gasteiger partial charge in [-0.05, 0) is 31.0 Å². The fourth-order valence-electron chi connectivity index (χ4n) is 4.18. The molecule has 2 aliphatic rings. The second-order valence-corrected chi connectivity index (χ2v) is 8.54. The van der Waals surface area contributed by atoms with E-state index in [4.69, 9.17) is 0 Å². The fourth-order valence-corrected chi connectivity index (χ4v) is 5.70. The van der Waals surface area contributed by atoms with Crippen LogP contribution in [0.5, 0.6) is 0 Å². The van der Waals surface area contributed by atoms with E-state index in [-0.39, 0.29) is 17.1 Å². The van der Waals surface area contributed by atoms with E-state index in [1.165, 1.54) is 11.8 Å². The van der Waals surface area contributed by atoms with Gasteiger partial charge in [0.05, 0.1) is 5.25 Å². The van der Waals surface area contributed by atoms with Gasteiger partial charge >= 0.3 is 0 Å². The number of nitrogens with zero attached hydrogens (tertiary/aromatic N) is 1. The molecule has 0 radical (unpaired) electrons. The Balaban J connectivity index is 1.52. The molecule has 2 atom stereocenters. The minimum atomic E-state index is -0.959. The molecule has 0 unspecified atom stereocenters. The monoisotopic (exact) mass is 377 g/mol. The van der Waals surface area contributed by atoms with E-state index in [9.17, 15) is 9.59 Å². The highest BCUT2D eigenvalue weighted by atomic mass is 32.2. The van der Waals surface area contributed by atoms with Crippen molar-refractivity contribution in [1.82, 2.24) is 9.88 Å². The number of anilines is 1. The molecule has 136 valence electrons. The van der Waals surface area contributed by atoms with Crippen LogP contribution in [0.2, 0.25) is 0 Å². The average molecular weight is 377 g/mol. The lowest BCUT2D eigenvalue weighted by atomic mass is 10.0. The maximum atomic E-state index is 13.0. The third-order valence-corrected chi connectivity index (χ3v) is 6.99. The van der Waals surface area contributed by atoms with Crippen molar-refractivity contribution >= 4 is 40.2 Å². The molecule has 5 nitrogen and oxygen atoms in total. The number of hydrogen-bond donors (Lipinski definition) is 2. The van der Waals surface area contributed by atoms with Gasteiger partial charge in [-0.2, -0.15) is 0 Å². The van der Waals surface area contributed by atoms with Gasteiger partial charge in [0.1, 0.15) is 0 Å². The summed E-state index contributed by atoms with van der Waals surface area (Å²) in [6.07, 6.45) is 2.69. The first-order chi connectivity index (χ1) is 13.1. The molecule has 0 bridgehead atoms. The van der Waals surface area contributed by atoms with Crippen molar-refractivity contribution in [3.8, 4) is 0 Å². The van der Waals surface area contributed by atoms with Crippen LogP contribution >= 0.6 is 11.8 Å². The van der Waals surface area contributed by atoms with E-state index >= 15 is 0 Å². The van der Waals surface area contributed by atoms with Gasteiger partial charge < -0.3 is 15.2 Å². The van der Waals surface area contributed by atoms with E-state index in [1.807, 2.05) is 55.6 Å². The van der Waals surface area contributed by atoms with Crippen molar-refractivity contribution in [3.05, 3.63) is 65.9 Å². The molecule has 6 heteroatoms. The predicted molar refractivity (Wildman–Crippen MR) is 108 cm³/mol. The molecule has 2 aliphatic heterocycles. The summed E-state index contributed by atoms with van der Waals surface area (Å²) >= 11 is 1.44. The van der Waals surface area contributed by atoms with Crippen LogP contribution in [0.25, 0.3) is 10.9 Å². The van der Waals surface area contributed by atoms with Crippen LogP contribution in [0.3, 0.4) is 0 Å². The Morgan fingerprint density at radius 1 is 1.11 bits per heavy atom. The molecule has 1 spiro atoms. The van der Waals surface area contributed by atoms with Crippen LogP contribution in [0.1, 0.15) is 18.1 Å². The minimum absolute atomic E-state index is 0.0201. The topological polar surface area (TPSA) is 65.2 Å². The number of H-pyrrole nitrogens is 1. The average Bonchev–Trinajstić information content (AvgIpc) is 3.29. The van der Waals surface area contributed by atoms with E-state index in [0.717, 1.165) is 27.7 Å². The van der Waals surface area contributed by atoms with Crippen LogP contribution in [-0.4, -0.2) is 33.5 Å². The first-order valence-corrected chi connectivity index (χ1v) is 9.94. The molecule has 27 heavy (non-hydrogen) atoms. The Morgan fingerprint density at radius 2 is 1.89 bits per heavy atom. The number of benzene rings is 2. The Morgan fingerprint density at radius 3 is 2.78 bits per heavy atom. The summed E-state index contributed by atoms with van der Waals surface area (Å²) < 4.78 is 0. The zero-order chi connectivity index (χ0) is 18.6. The summed E-state index contributed by atoms with van der Waals surface area (Å²) in [6, 6.07) is 15.8. The molecule has 5 rings (SSSR count). The highest BCUT2D eigenvalue weighted by Crippen LogP contribution is 2.54. The molecule has 0 saturated carbocycles. The SMILES string of the molecule is C[C@H]1S[C@@]2(C(=O)Nc3ccccc32)N(CCc2c[nH]c3ccccc23)C1=O. The molecule has 3 aromatic rings. The maximum absolute atomic E-state index is 13.0. The third-order valence-electron chi connectivity index (χ3n) is 5.47. The quantitative estimate of drug-likeness (QED) is 0.734. The second-order valence-electron chi connectivity index (χ2n) is 7.00. The summed E-state index contributed by atoms with van der Waals surface area (Å²) in [4.78, 5) is 30.1. The number of amides is 2. The third kappa shape index (κ3) is 2.26. The van der Waals surface area contributed by atoms with Gasteiger partial charge in [-0.25, -0.2) is 0 Å². The van der Waals surface area contributed by atoms with Gasteiger partial charge in [-0.3, -0.25) is 9.59 Å². The molecule has 3 heterocycles. The van der Waals surface area contributed by atoms with Crippen LogP contribution in [0.4, 0.5) is 5.69 Å². The van der Waals surface area contributed by atoms with Gasteiger partial charge in [0.25, 0.3) is 5.91 Å². The Kier molecular flexibility index (Phi) is 3.59. The smallest absolute Gasteiger partial charge is 0.265 e. The van der Waals surface area contributed by atoms with Crippen molar-refractivity contribution in [2.24, 2.45) is 0 Å². The maximum Gasteiger partial charge on any atom is 0.265 e. The summed E-state index contributed by atoms with van der Waals surface area (Å²) in [6.45, 7) is 2.38.